The van der Waals surface area contributed by atoms with Crippen LogP contribution < -0.4 is 10.5 Å². The Hall–Kier alpha value is -3.19. The number of halogens is 1. The first-order valence-electron chi connectivity index (χ1n) is 9.63. The lowest BCUT2D eigenvalue weighted by Crippen LogP contribution is -2.08. The van der Waals surface area contributed by atoms with E-state index in [9.17, 15) is 0 Å². The maximum atomic E-state index is 8.58. The molecule has 0 spiro atoms. The van der Waals surface area contributed by atoms with Crippen molar-refractivity contribution in [1.82, 2.24) is 14.8 Å². The number of carbonyl (C=O) groups excluding carboxylic acids is 1. The Bertz CT molecular complexity index is 1060. The smallest absolute Gasteiger partial charge is 0.204 e. The van der Waals surface area contributed by atoms with E-state index in [4.69, 9.17) is 26.1 Å². The van der Waals surface area contributed by atoms with Crippen molar-refractivity contribution in [1.29, 1.82) is 0 Å². The van der Waals surface area contributed by atoms with E-state index in [0.29, 0.717) is 5.02 Å². The van der Waals surface area contributed by atoms with Crippen LogP contribution in [0.4, 0.5) is 0 Å². The third-order valence-electron chi connectivity index (χ3n) is 4.81. The summed E-state index contributed by atoms with van der Waals surface area (Å²) in [4.78, 5) is 13.7. The summed E-state index contributed by atoms with van der Waals surface area (Å²) < 4.78 is 7.59. The molecule has 30 heavy (non-hydrogen) atoms. The first-order chi connectivity index (χ1) is 14.5. The predicted molar refractivity (Wildman–Crippen MR) is 118 cm³/mol. The number of primary amides is 1. The fourth-order valence-corrected chi connectivity index (χ4v) is 3.63. The van der Waals surface area contributed by atoms with Gasteiger partial charge in [-0.05, 0) is 43.7 Å². The van der Waals surface area contributed by atoms with Crippen molar-refractivity contribution in [3.8, 4) is 11.4 Å². The number of aryl methyl sites for hydroxylation is 1. The highest BCUT2D eigenvalue weighted by Gasteiger charge is 2.27. The first kappa shape index (κ1) is 21.5. The number of ether oxygens (including phenoxy) is 1. The number of fused-ring (bicyclic) bond motifs is 3. The molecule has 0 bridgehead atoms. The van der Waals surface area contributed by atoms with Gasteiger partial charge in [-0.25, -0.2) is 0 Å². The minimum Gasteiger partial charge on any atom is -0.497 e. The molecule has 0 saturated heterocycles. The van der Waals surface area contributed by atoms with Crippen molar-refractivity contribution in [3.63, 3.8) is 0 Å². The van der Waals surface area contributed by atoms with Crippen molar-refractivity contribution < 1.29 is 9.53 Å². The molecule has 7 nitrogen and oxygen atoms in total. The molecule has 1 atom stereocenters. The summed E-state index contributed by atoms with van der Waals surface area (Å²) in [6.07, 6.45) is 2.16. The summed E-state index contributed by atoms with van der Waals surface area (Å²) in [6, 6.07) is 13.8. The molecule has 2 N–H and O–H groups in total. The molecule has 0 unspecified atom stereocenters. The maximum absolute atomic E-state index is 8.58. The van der Waals surface area contributed by atoms with Gasteiger partial charge in [-0.1, -0.05) is 37.1 Å². The van der Waals surface area contributed by atoms with Gasteiger partial charge < -0.3 is 10.5 Å². The number of hydrogen-bond donors (Lipinski definition) is 1. The van der Waals surface area contributed by atoms with E-state index in [0.717, 1.165) is 52.8 Å². The highest BCUT2D eigenvalue weighted by molar-refractivity contribution is 6.30. The lowest BCUT2D eigenvalue weighted by Gasteiger charge is -2.14. The number of nitrogens with zero attached hydrogens (tertiary/aromatic N) is 4. The van der Waals surface area contributed by atoms with E-state index in [1.165, 1.54) is 0 Å². The number of aromatic nitrogens is 3. The van der Waals surface area contributed by atoms with Gasteiger partial charge in [0.05, 0.1) is 18.5 Å². The van der Waals surface area contributed by atoms with Crippen molar-refractivity contribution >= 4 is 23.7 Å². The second kappa shape index (κ2) is 9.54. The summed E-state index contributed by atoms with van der Waals surface area (Å²) in [7, 11) is 1.67. The lowest BCUT2D eigenvalue weighted by atomic mass is 10.00. The lowest BCUT2D eigenvalue weighted by molar-refractivity contribution is -0.106. The molecule has 0 radical (unpaired) electrons. The molecular formula is C22H24ClN5O2. The summed E-state index contributed by atoms with van der Waals surface area (Å²) in [5, 5.41) is 9.48. The van der Waals surface area contributed by atoms with E-state index in [-0.39, 0.29) is 12.5 Å². The monoisotopic (exact) mass is 425 g/mol. The van der Waals surface area contributed by atoms with Crippen LogP contribution in [0.15, 0.2) is 47.5 Å². The Morgan fingerprint density at radius 2 is 1.90 bits per heavy atom. The minimum absolute atomic E-state index is 0.0553. The molecule has 2 heterocycles. The van der Waals surface area contributed by atoms with Gasteiger partial charge in [0, 0.05) is 16.1 Å². The van der Waals surface area contributed by atoms with E-state index < -0.39 is 0 Å². The molecule has 3 aromatic rings. The SMILES string of the molecule is CCC[C@@H]1N=C(c2ccc(Cl)cc2)c2cc(OC)ccc2-n2c(C)nnc21.NC=O. The van der Waals surface area contributed by atoms with Gasteiger partial charge in [0.15, 0.2) is 5.82 Å². The molecule has 1 aliphatic heterocycles. The Balaban J connectivity index is 0.000000806. The average molecular weight is 426 g/mol. The van der Waals surface area contributed by atoms with E-state index in [1.54, 1.807) is 7.11 Å². The third kappa shape index (κ3) is 4.21. The maximum Gasteiger partial charge on any atom is 0.204 e. The Morgan fingerprint density at radius 1 is 1.20 bits per heavy atom. The van der Waals surface area contributed by atoms with Gasteiger partial charge in [0.1, 0.15) is 17.6 Å². The van der Waals surface area contributed by atoms with Gasteiger partial charge in [-0.15, -0.1) is 10.2 Å². The summed E-state index contributed by atoms with van der Waals surface area (Å²) in [6.45, 7) is 4.13. The number of aliphatic imine (C=N–C) groups is 1. The molecule has 1 aliphatic rings. The van der Waals surface area contributed by atoms with Crippen LogP contribution in [-0.4, -0.2) is 34.0 Å². The number of nitrogens with two attached hydrogens (primary N) is 1. The van der Waals surface area contributed by atoms with Crippen molar-refractivity contribution in [2.75, 3.05) is 7.11 Å². The van der Waals surface area contributed by atoms with Crippen LogP contribution in [0, 0.1) is 6.92 Å². The van der Waals surface area contributed by atoms with Gasteiger partial charge >= 0.3 is 0 Å². The minimum atomic E-state index is -0.0553. The molecule has 0 saturated carbocycles. The second-order valence-electron chi connectivity index (χ2n) is 6.75. The topological polar surface area (TPSA) is 95.4 Å². The van der Waals surface area contributed by atoms with Crippen LogP contribution >= 0.6 is 11.6 Å². The first-order valence-corrected chi connectivity index (χ1v) is 10.0. The Labute approximate surface area is 180 Å². The summed E-state index contributed by atoms with van der Waals surface area (Å²) >= 11 is 6.10. The highest BCUT2D eigenvalue weighted by atomic mass is 35.5. The molecule has 4 rings (SSSR count). The van der Waals surface area contributed by atoms with Crippen molar-refractivity contribution in [3.05, 3.63) is 70.3 Å². The number of rotatable bonds is 4. The van der Waals surface area contributed by atoms with Crippen LogP contribution in [0.1, 0.15) is 48.6 Å². The summed E-state index contributed by atoms with van der Waals surface area (Å²) in [5.74, 6) is 2.52. The Morgan fingerprint density at radius 3 is 2.53 bits per heavy atom. The zero-order valence-electron chi connectivity index (χ0n) is 17.2. The number of amides is 1. The third-order valence-corrected chi connectivity index (χ3v) is 5.06. The van der Waals surface area contributed by atoms with Crippen molar-refractivity contribution in [2.24, 2.45) is 10.7 Å². The normalized spacial score (nSPS) is 14.4. The van der Waals surface area contributed by atoms with Crippen LogP contribution in [-0.2, 0) is 4.79 Å². The summed E-state index contributed by atoms with van der Waals surface area (Å²) in [5.41, 5.74) is 8.12. The predicted octanol–water partition coefficient (Wildman–Crippen LogP) is 4.03. The highest BCUT2D eigenvalue weighted by Crippen LogP contribution is 2.34. The molecule has 8 heteroatoms. The van der Waals surface area contributed by atoms with E-state index >= 15 is 0 Å². The molecule has 0 fully saturated rings. The van der Waals surface area contributed by atoms with Crippen LogP contribution in [0.3, 0.4) is 0 Å². The second-order valence-corrected chi connectivity index (χ2v) is 7.19. The van der Waals surface area contributed by atoms with E-state index in [2.05, 4.69) is 27.4 Å². The number of benzene rings is 2. The zero-order chi connectivity index (χ0) is 21.7. The van der Waals surface area contributed by atoms with Gasteiger partial charge in [-0.2, -0.15) is 0 Å². The number of carbonyl (C=O) groups is 1. The van der Waals surface area contributed by atoms with Gasteiger partial charge in [0.2, 0.25) is 6.41 Å². The average Bonchev–Trinajstić information content (AvgIpc) is 3.07. The molecule has 0 aliphatic carbocycles. The van der Waals surface area contributed by atoms with Gasteiger partial charge in [0.25, 0.3) is 0 Å². The van der Waals surface area contributed by atoms with Crippen LogP contribution in [0.2, 0.25) is 5.02 Å². The molecule has 1 amide bonds. The largest absolute Gasteiger partial charge is 0.497 e. The van der Waals surface area contributed by atoms with Crippen LogP contribution in [0.25, 0.3) is 5.69 Å². The number of methoxy groups -OCH3 is 1. The zero-order valence-corrected chi connectivity index (χ0v) is 17.9. The molecule has 1 aromatic heterocycles. The van der Waals surface area contributed by atoms with Gasteiger partial charge in [-0.3, -0.25) is 14.4 Å². The van der Waals surface area contributed by atoms with Crippen molar-refractivity contribution in [2.45, 2.75) is 32.7 Å². The van der Waals surface area contributed by atoms with Crippen LogP contribution in [0.5, 0.6) is 5.75 Å². The fourth-order valence-electron chi connectivity index (χ4n) is 3.51. The molecule has 2 aromatic carbocycles. The standard InChI is InChI=1S/C21H21ClN4O.CH3NO/c1-4-5-18-21-25-24-13(2)26(21)19-11-10-16(27-3)12-17(19)20(23-18)14-6-8-15(22)9-7-14;2-1-3/h6-12,18H,4-5H2,1-3H3;1H,(H2,2,3)/t18-;/m0./s1. The van der Waals surface area contributed by atoms with E-state index in [1.807, 2.05) is 49.4 Å². The molecular weight excluding hydrogens is 402 g/mol. The molecule has 156 valence electrons. The fraction of sp³-hybridized carbons (Fsp3) is 0.273. The Kier molecular flexibility index (Phi) is 6.84. The quantitative estimate of drug-likeness (QED) is 0.638. The number of hydrogen-bond acceptors (Lipinski definition) is 5.